The minimum Gasteiger partial charge on any atom is -0.481 e. The smallest absolute Gasteiger partial charge is 0.413 e. The number of aromatic nitrogens is 13. The number of carbonyl (C=O) groups excluding carboxylic acids is 4. The van der Waals surface area contributed by atoms with Crippen molar-refractivity contribution < 1.29 is 52.8 Å². The second kappa shape index (κ2) is 38.7. The van der Waals surface area contributed by atoms with Crippen LogP contribution in [0.25, 0.3) is 100 Å². The van der Waals surface area contributed by atoms with E-state index >= 15 is 0 Å². The topological polar surface area (TPSA) is 386 Å². The molecule has 31 nitrogen and oxygen atoms in total. The van der Waals surface area contributed by atoms with Crippen LogP contribution in [-0.2, 0) is 65.9 Å². The summed E-state index contributed by atoms with van der Waals surface area (Å²) in [5, 5.41) is 20.2. The number of amides is 4. The summed E-state index contributed by atoms with van der Waals surface area (Å²) in [4.78, 5) is 122. The molecule has 0 aliphatic carbocycles. The number of nitrogens with zero attached hydrogens (tertiary/aromatic N) is 13. The van der Waals surface area contributed by atoms with Gasteiger partial charge in [0.05, 0.1) is 113 Å². The number of aromatic amines is 3. The fraction of sp³-hybridized carbons (Fsp3) is 0.291. The van der Waals surface area contributed by atoms with Crippen LogP contribution in [0.2, 0.25) is 0 Å². The van der Waals surface area contributed by atoms with Gasteiger partial charge in [-0.15, -0.1) is 0 Å². The minimum atomic E-state index is -0.921. The molecule has 9 aromatic heterocycles. The first-order valence-corrected chi connectivity index (χ1v) is 38.6. The molecule has 2 aliphatic rings. The molecule has 2 aliphatic heterocycles. The highest BCUT2D eigenvalue weighted by molar-refractivity contribution is 6.01. The monoisotopic (exact) mass is 1580 g/mol. The van der Waals surface area contributed by atoms with Crippen LogP contribution in [0.15, 0.2) is 177 Å². The number of morpholine rings is 2. The number of carboxylic acids is 1. The van der Waals surface area contributed by atoms with Crippen LogP contribution in [0.3, 0.4) is 0 Å². The zero-order valence-electron chi connectivity index (χ0n) is 66.2. The molecule has 3 atom stereocenters. The van der Waals surface area contributed by atoms with Gasteiger partial charge in [0.25, 0.3) is 0 Å². The third-order valence-electron chi connectivity index (χ3n) is 19.1. The predicted molar refractivity (Wildman–Crippen MR) is 444 cm³/mol. The van der Waals surface area contributed by atoms with Crippen LogP contribution in [0, 0.1) is 0 Å². The Kier molecular flexibility index (Phi) is 27.0. The molecule has 1 unspecified atom stereocenters. The largest absolute Gasteiger partial charge is 0.481 e. The summed E-state index contributed by atoms with van der Waals surface area (Å²) in [7, 11) is 4.03. The zero-order chi connectivity index (χ0) is 81.9. The van der Waals surface area contributed by atoms with E-state index in [0.29, 0.717) is 63.9 Å². The van der Waals surface area contributed by atoms with E-state index in [-0.39, 0.29) is 56.4 Å². The highest BCUT2D eigenvalue weighted by Crippen LogP contribution is 2.38. The first-order chi connectivity index (χ1) is 56.8. The predicted octanol–water partition coefficient (Wildman–Crippen LogP) is 13.7. The number of hydrogen-bond acceptors (Lipinski definition) is 23. The van der Waals surface area contributed by atoms with Crippen molar-refractivity contribution in [2.24, 2.45) is 0 Å². The van der Waals surface area contributed by atoms with Crippen molar-refractivity contribution in [3.63, 3.8) is 0 Å². The average molecular weight is 1580 g/mol. The number of rotatable bonds is 24. The molecule has 4 aromatic carbocycles. The van der Waals surface area contributed by atoms with Gasteiger partial charge in [0.2, 0.25) is 17.8 Å². The van der Waals surface area contributed by atoms with E-state index in [1.807, 2.05) is 155 Å². The summed E-state index contributed by atoms with van der Waals surface area (Å²) in [5.41, 5.74) is 18.1. The van der Waals surface area contributed by atoms with Gasteiger partial charge in [0, 0.05) is 129 Å². The summed E-state index contributed by atoms with van der Waals surface area (Å²) in [6.45, 7) is 19.5. The maximum absolute atomic E-state index is 12.6. The van der Waals surface area contributed by atoms with Crippen molar-refractivity contribution in [1.82, 2.24) is 84.8 Å². The fourth-order valence-corrected chi connectivity index (χ4v) is 13.6. The Hall–Kier alpha value is -13.3. The Bertz CT molecular complexity index is 5600. The van der Waals surface area contributed by atoms with Crippen LogP contribution < -0.4 is 21.3 Å². The Morgan fingerprint density at radius 2 is 1.12 bits per heavy atom. The summed E-state index contributed by atoms with van der Waals surface area (Å²) in [5.74, 6) is -0.316. The van der Waals surface area contributed by atoms with Gasteiger partial charge in [-0.25, -0.2) is 39.3 Å². The van der Waals surface area contributed by atoms with E-state index in [0.717, 1.165) is 148 Å². The number of anilines is 3. The van der Waals surface area contributed by atoms with Crippen molar-refractivity contribution >= 4 is 81.1 Å². The number of aliphatic carboxylic acids is 1. The lowest BCUT2D eigenvalue weighted by molar-refractivity contribution is -0.144. The summed E-state index contributed by atoms with van der Waals surface area (Å²) < 4.78 is 26.7. The maximum Gasteiger partial charge on any atom is 0.413 e. The average Bonchev–Trinajstić information content (AvgIpc) is 1.72. The molecule has 0 spiro atoms. The first kappa shape index (κ1) is 81.7. The Balaban J connectivity index is 0.000000153. The molecule has 602 valence electrons. The number of carbonyl (C=O) groups is 5. The van der Waals surface area contributed by atoms with Crippen LogP contribution in [0.4, 0.5) is 32.2 Å². The van der Waals surface area contributed by atoms with Crippen LogP contribution in [0.1, 0.15) is 81.2 Å². The maximum atomic E-state index is 12.6. The van der Waals surface area contributed by atoms with E-state index in [4.69, 9.17) is 28.7 Å². The van der Waals surface area contributed by atoms with Crippen molar-refractivity contribution in [3.05, 3.63) is 211 Å². The van der Waals surface area contributed by atoms with Gasteiger partial charge in [-0.3, -0.25) is 60.3 Å². The highest BCUT2D eigenvalue weighted by atomic mass is 16.6. The van der Waals surface area contributed by atoms with Crippen molar-refractivity contribution in [1.29, 1.82) is 0 Å². The van der Waals surface area contributed by atoms with Gasteiger partial charge in [-0.05, 0) is 180 Å². The molecular weight excluding hydrogens is 1490 g/mol. The highest BCUT2D eigenvalue weighted by Gasteiger charge is 2.26. The molecule has 117 heavy (non-hydrogen) atoms. The van der Waals surface area contributed by atoms with Gasteiger partial charge >= 0.3 is 30.2 Å². The number of pyridine rings is 5. The van der Waals surface area contributed by atoms with Crippen molar-refractivity contribution in [2.75, 3.05) is 89.2 Å². The van der Waals surface area contributed by atoms with E-state index in [9.17, 15) is 29.1 Å². The summed E-state index contributed by atoms with van der Waals surface area (Å²) in [6, 6.07) is 40.2. The lowest BCUT2D eigenvalue weighted by Gasteiger charge is -2.34. The number of esters is 1. The minimum absolute atomic E-state index is 0.0988. The number of urea groups is 1. The molecule has 4 amide bonds. The number of ether oxygens (including phenoxy) is 5. The van der Waals surface area contributed by atoms with E-state index in [2.05, 4.69) is 110 Å². The molecule has 0 bridgehead atoms. The quantitative estimate of drug-likeness (QED) is 0.0206. The van der Waals surface area contributed by atoms with E-state index in [1.54, 1.807) is 63.9 Å². The standard InChI is InChI=1S/C32H33N7O3.C28H30N6O5.C26H29N7O3/c1-4-34-32(41)38-31-36-28-16-24(15-26(30(28)37-31)27-13-22(10-11-35-27)19-39(2)3)25-12-23(17-33-18-25)14-29(40)42-20-21-8-6-5-7-9-21;1-3-39-28(37)33-27-31-24-14-20(19-4-5-21(30-15-19)16-34-8-10-38-11-9-34)12-22(25(24)32-27)23-13-18(6-7-29-23)17(2)26(35)36;1-4-35-26(34)32-25-30-22-10-18(9-20(24(22)31-25)21-7-5-6-8-27-21)19-11-28-23(29-12-19)15-33-13-16(2)36-17(3)14-33/h5-13,15-18H,4,14,19-20H2,1-3H3,(H3,34,36,37,38,41);4-7,12-15,17H,3,8-11,16H2,1-2H3,(H,35,36)(H2,31,32,33,37);5-12,16-17H,4,13-15H2,1-3H3,(H2,30,31,32,34)/t;;16-,17+. The van der Waals surface area contributed by atoms with Crippen LogP contribution >= 0.6 is 0 Å². The Labute approximate surface area is 674 Å². The Morgan fingerprint density at radius 1 is 0.547 bits per heavy atom. The molecule has 8 N–H and O–H groups in total. The number of imidazole rings is 3. The number of carboxylic acid groups (broad SMARTS) is 1. The number of H-pyrrole nitrogens is 3. The molecular formula is C86H92N20O11. The number of hydrogen-bond donors (Lipinski definition) is 8. The second-order valence-electron chi connectivity index (χ2n) is 28.4. The van der Waals surface area contributed by atoms with E-state index in [1.165, 1.54) is 0 Å². The van der Waals surface area contributed by atoms with Gasteiger partial charge in [0.15, 0.2) is 0 Å². The third kappa shape index (κ3) is 21.8. The molecule has 31 heteroatoms. The molecule has 13 aromatic rings. The van der Waals surface area contributed by atoms with Crippen molar-refractivity contribution in [2.45, 2.75) is 92.3 Å². The third-order valence-corrected chi connectivity index (χ3v) is 19.1. The number of nitrogens with one attached hydrogen (secondary N) is 7. The Morgan fingerprint density at radius 3 is 1.70 bits per heavy atom. The first-order valence-electron chi connectivity index (χ1n) is 38.6. The summed E-state index contributed by atoms with van der Waals surface area (Å²) >= 11 is 0. The molecule has 2 saturated heterocycles. The van der Waals surface area contributed by atoms with Crippen molar-refractivity contribution in [3.8, 4) is 67.2 Å². The van der Waals surface area contributed by atoms with Gasteiger partial charge in [-0.2, -0.15) is 0 Å². The van der Waals surface area contributed by atoms with Crippen LogP contribution in [0.5, 0.6) is 0 Å². The molecule has 11 heterocycles. The molecule has 2 fully saturated rings. The lowest BCUT2D eigenvalue weighted by Crippen LogP contribution is -2.45. The lowest BCUT2D eigenvalue weighted by atomic mass is 9.97. The number of benzene rings is 4. The van der Waals surface area contributed by atoms with Gasteiger partial charge < -0.3 is 54.0 Å². The second-order valence-corrected chi connectivity index (χ2v) is 28.4. The molecule has 15 rings (SSSR count). The fourth-order valence-electron chi connectivity index (χ4n) is 13.6. The normalized spacial score (nSPS) is 14.5. The summed E-state index contributed by atoms with van der Waals surface area (Å²) in [6.07, 6.45) is 13.4. The van der Waals surface area contributed by atoms with Gasteiger partial charge in [0.1, 0.15) is 12.4 Å². The van der Waals surface area contributed by atoms with Crippen LogP contribution in [-0.4, -0.2) is 200 Å². The number of fused-ring (bicyclic) bond motifs is 3. The van der Waals surface area contributed by atoms with E-state index < -0.39 is 24.1 Å². The molecule has 0 saturated carbocycles. The van der Waals surface area contributed by atoms with Gasteiger partial charge in [-0.1, -0.05) is 42.5 Å². The zero-order valence-corrected chi connectivity index (χ0v) is 66.2. The SMILES string of the molecule is CCNC(=O)Nc1nc2c(-c3cc(CN(C)C)ccn3)cc(-c3cncc(CC(=O)OCc4ccccc4)c3)cc2[nH]1.CCOC(=O)Nc1nc2c(-c3cc(C(C)C(=O)O)ccn3)cc(-c3ccc(CN4CCOCC4)nc3)cc2[nH]1.CCOC(=O)Nc1nc2c(-c3ccccn3)cc(-c3cnc(CN4C[C@@H](C)O[C@@H](C)C4)nc3)cc2[nH]1. The molecule has 0 radical (unpaired) electrons.